The number of amidine groups is 1. The predicted octanol–water partition coefficient (Wildman–Crippen LogP) is 0.939. The van der Waals surface area contributed by atoms with E-state index in [9.17, 15) is 10.3 Å². The van der Waals surface area contributed by atoms with Crippen molar-refractivity contribution in [2.45, 2.75) is 0 Å². The highest BCUT2D eigenvalue weighted by Gasteiger charge is 2.18. The van der Waals surface area contributed by atoms with E-state index in [1.807, 2.05) is 0 Å². The van der Waals surface area contributed by atoms with Crippen molar-refractivity contribution in [1.29, 1.82) is 0 Å². The van der Waals surface area contributed by atoms with Crippen LogP contribution in [-0.4, -0.2) is 21.3 Å². The summed E-state index contributed by atoms with van der Waals surface area (Å²) in [5.41, 5.74) is 8.44. The Balaban J connectivity index is 2.36. The number of hydrogen-bond donors (Lipinski definition) is 4. The van der Waals surface area contributed by atoms with Crippen LogP contribution in [0.1, 0.15) is 5.56 Å². The van der Waals surface area contributed by atoms with Crippen LogP contribution >= 0.6 is 11.6 Å². The highest BCUT2D eigenvalue weighted by atomic mass is 35.5. The van der Waals surface area contributed by atoms with Gasteiger partial charge in [-0.2, -0.15) is 4.99 Å². The van der Waals surface area contributed by atoms with Crippen molar-refractivity contribution in [3.05, 3.63) is 46.6 Å². The minimum Gasteiger partial charge on any atom is -0.491 e. The van der Waals surface area contributed by atoms with Gasteiger partial charge < -0.3 is 10.8 Å². The fourth-order valence-electron chi connectivity index (χ4n) is 1.18. The third-order valence-corrected chi connectivity index (χ3v) is 2.26. The van der Waals surface area contributed by atoms with Gasteiger partial charge in [-0.15, -0.1) is 5.17 Å². The first kappa shape index (κ1) is 10.6. The molecule has 0 bridgehead atoms. The smallest absolute Gasteiger partial charge is 0.259 e. The van der Waals surface area contributed by atoms with Crippen molar-refractivity contribution in [1.82, 2.24) is 10.6 Å². The summed E-state index contributed by atoms with van der Waals surface area (Å²) in [4.78, 5) is 3.78. The molecule has 0 fully saturated rings. The largest absolute Gasteiger partial charge is 0.491 e. The first-order valence-corrected chi connectivity index (χ1v) is 4.75. The lowest BCUT2D eigenvalue weighted by Crippen LogP contribution is -2.45. The zero-order valence-corrected chi connectivity index (χ0v) is 8.81. The zero-order valence-electron chi connectivity index (χ0n) is 8.05. The van der Waals surface area contributed by atoms with Crippen LogP contribution in [0.25, 0.3) is 0 Å². The normalized spacial score (nSPS) is 15.9. The van der Waals surface area contributed by atoms with Crippen molar-refractivity contribution in [3.8, 4) is 0 Å². The van der Waals surface area contributed by atoms with E-state index < -0.39 is 5.88 Å². The molecule has 2 rings (SSSR count). The average Bonchev–Trinajstić information content (AvgIpc) is 2.26. The molecule has 0 saturated carbocycles. The summed E-state index contributed by atoms with van der Waals surface area (Å²) in [6.07, 6.45) is 0. The number of aliphatic imine (C=N–C) groups is 1. The second-order valence-corrected chi connectivity index (χ2v) is 3.54. The van der Waals surface area contributed by atoms with Crippen molar-refractivity contribution >= 4 is 17.4 Å². The molecule has 1 heterocycles. The molecule has 0 unspecified atom stereocenters. The maximum absolute atomic E-state index is 9.33. The van der Waals surface area contributed by atoms with Crippen LogP contribution in [-0.2, 0) is 0 Å². The first-order chi connectivity index (χ1) is 7.58. The summed E-state index contributed by atoms with van der Waals surface area (Å²) < 4.78 is 0. The second kappa shape index (κ2) is 3.92. The van der Waals surface area contributed by atoms with Gasteiger partial charge in [-0.25, -0.2) is 0 Å². The first-order valence-electron chi connectivity index (χ1n) is 4.37. The Labute approximate surface area is 96.2 Å². The standard InChI is InChI=1S/C9H9ClN4O2/c10-6-3-1-5(2-4-6)8-12-9(15)7(11)14(16)13-8/h1-4,15-16H,11H2,(H,12,13). The molecular formula is C9H9ClN4O2. The van der Waals surface area contributed by atoms with Crippen LogP contribution in [0.3, 0.4) is 0 Å². The molecule has 0 saturated heterocycles. The molecule has 1 aromatic carbocycles. The number of halogens is 1. The van der Waals surface area contributed by atoms with Gasteiger partial charge >= 0.3 is 0 Å². The third-order valence-electron chi connectivity index (χ3n) is 2.00. The van der Waals surface area contributed by atoms with E-state index in [0.717, 1.165) is 0 Å². The minimum absolute atomic E-state index is 0.266. The number of hydrazine groups is 1. The lowest BCUT2D eigenvalue weighted by atomic mass is 10.2. The predicted molar refractivity (Wildman–Crippen MR) is 58.6 cm³/mol. The maximum Gasteiger partial charge on any atom is 0.259 e. The lowest BCUT2D eigenvalue weighted by Gasteiger charge is -2.23. The van der Waals surface area contributed by atoms with Crippen LogP contribution < -0.4 is 11.2 Å². The van der Waals surface area contributed by atoms with E-state index in [1.165, 1.54) is 0 Å². The topological polar surface area (TPSA) is 94.1 Å². The molecule has 7 heteroatoms. The fourth-order valence-corrected chi connectivity index (χ4v) is 1.31. The number of nitrogens with one attached hydrogen (secondary N) is 1. The van der Waals surface area contributed by atoms with Crippen LogP contribution in [0.4, 0.5) is 0 Å². The van der Waals surface area contributed by atoms with Gasteiger partial charge in [0.05, 0.1) is 0 Å². The Kier molecular flexibility index (Phi) is 2.59. The molecule has 5 N–H and O–H groups in total. The highest BCUT2D eigenvalue weighted by Crippen LogP contribution is 2.13. The van der Waals surface area contributed by atoms with E-state index in [-0.39, 0.29) is 11.7 Å². The van der Waals surface area contributed by atoms with E-state index in [4.69, 9.17) is 17.3 Å². The summed E-state index contributed by atoms with van der Waals surface area (Å²) in [7, 11) is 0. The second-order valence-electron chi connectivity index (χ2n) is 3.10. The quantitative estimate of drug-likeness (QED) is 0.586. The third kappa shape index (κ3) is 1.88. The Hall–Kier alpha value is -1.92. The summed E-state index contributed by atoms with van der Waals surface area (Å²) in [5.74, 6) is -0.449. The number of aliphatic hydroxyl groups is 1. The molecule has 0 amide bonds. The lowest BCUT2D eigenvalue weighted by molar-refractivity contribution is -0.0899. The van der Waals surface area contributed by atoms with Crippen LogP contribution in [0.15, 0.2) is 41.0 Å². The molecular weight excluding hydrogens is 232 g/mol. The van der Waals surface area contributed by atoms with Crippen LogP contribution in [0.2, 0.25) is 5.02 Å². The maximum atomic E-state index is 9.33. The molecule has 1 aromatic rings. The number of hydrogen-bond acceptors (Lipinski definition) is 6. The SMILES string of the molecule is NC1=C(O)N=C(c2ccc(Cl)cc2)NN1O. The van der Waals surface area contributed by atoms with Crippen molar-refractivity contribution in [2.75, 3.05) is 0 Å². The van der Waals surface area contributed by atoms with Gasteiger partial charge in [0.25, 0.3) is 5.88 Å². The number of nitrogens with two attached hydrogens (primary N) is 1. The molecule has 84 valence electrons. The van der Waals surface area contributed by atoms with Gasteiger partial charge in [0.15, 0.2) is 5.84 Å². The molecule has 6 nitrogen and oxygen atoms in total. The van der Waals surface area contributed by atoms with Gasteiger partial charge in [0.2, 0.25) is 5.82 Å². The molecule has 1 aliphatic rings. The van der Waals surface area contributed by atoms with Crippen LogP contribution in [0.5, 0.6) is 0 Å². The van der Waals surface area contributed by atoms with E-state index in [2.05, 4.69) is 10.4 Å². The number of hydroxylamine groups is 1. The molecule has 1 aliphatic heterocycles. The number of aliphatic hydroxyl groups excluding tert-OH is 1. The van der Waals surface area contributed by atoms with Crippen molar-refractivity contribution in [3.63, 3.8) is 0 Å². The van der Waals surface area contributed by atoms with E-state index in [0.29, 0.717) is 15.8 Å². The summed E-state index contributed by atoms with van der Waals surface area (Å²) in [6.45, 7) is 0. The molecule has 0 aliphatic carbocycles. The number of benzene rings is 1. The van der Waals surface area contributed by atoms with Gasteiger partial charge in [-0.05, 0) is 24.3 Å². The molecule has 0 radical (unpaired) electrons. The van der Waals surface area contributed by atoms with Crippen molar-refractivity contribution < 1.29 is 10.3 Å². The Morgan fingerprint density at radius 1 is 1.31 bits per heavy atom. The summed E-state index contributed by atoms with van der Waals surface area (Å²) >= 11 is 5.73. The van der Waals surface area contributed by atoms with Gasteiger partial charge in [-0.1, -0.05) is 11.6 Å². The monoisotopic (exact) mass is 240 g/mol. The Bertz CT molecular complexity index is 469. The number of rotatable bonds is 1. The van der Waals surface area contributed by atoms with Crippen molar-refractivity contribution in [2.24, 2.45) is 10.7 Å². The Morgan fingerprint density at radius 2 is 1.94 bits per heavy atom. The highest BCUT2D eigenvalue weighted by molar-refractivity contribution is 6.30. The summed E-state index contributed by atoms with van der Waals surface area (Å²) in [5, 5.41) is 19.7. The van der Waals surface area contributed by atoms with Gasteiger partial charge in [-0.3, -0.25) is 10.6 Å². The van der Waals surface area contributed by atoms with Gasteiger partial charge in [0.1, 0.15) is 0 Å². The zero-order chi connectivity index (χ0) is 11.7. The van der Waals surface area contributed by atoms with Gasteiger partial charge in [0, 0.05) is 10.6 Å². The number of nitrogens with zero attached hydrogens (tertiary/aromatic N) is 2. The summed E-state index contributed by atoms with van der Waals surface area (Å²) in [6, 6.07) is 6.72. The molecule has 0 atom stereocenters. The fraction of sp³-hybridized carbons (Fsp3) is 0. The Morgan fingerprint density at radius 3 is 2.50 bits per heavy atom. The average molecular weight is 241 g/mol. The van der Waals surface area contributed by atoms with E-state index in [1.54, 1.807) is 24.3 Å². The molecule has 0 aromatic heterocycles. The van der Waals surface area contributed by atoms with Crippen LogP contribution in [0, 0.1) is 0 Å². The molecule has 16 heavy (non-hydrogen) atoms. The van der Waals surface area contributed by atoms with E-state index >= 15 is 0 Å². The molecule has 0 spiro atoms. The minimum atomic E-state index is -0.453.